The number of hydrogen-bond donors (Lipinski definition) is 1. The highest BCUT2D eigenvalue weighted by Crippen LogP contribution is 2.12. The van der Waals surface area contributed by atoms with Crippen molar-refractivity contribution < 1.29 is 14.6 Å². The number of aryl methyl sites for hydroxylation is 1. The summed E-state index contributed by atoms with van der Waals surface area (Å²) in [6.07, 6.45) is 3.26. The molecule has 1 atom stereocenters. The summed E-state index contributed by atoms with van der Waals surface area (Å²) in [7, 11) is 0. The molecule has 1 aliphatic heterocycles. The number of pyridine rings is 1. The molecule has 1 N–H and O–H groups in total. The Morgan fingerprint density at radius 1 is 1.65 bits per heavy atom. The monoisotopic (exact) mass is 236 g/mol. The lowest BCUT2D eigenvalue weighted by molar-refractivity contribution is -0.0184. The first-order valence-electron chi connectivity index (χ1n) is 5.63. The molecule has 1 saturated heterocycles. The first-order valence-corrected chi connectivity index (χ1v) is 5.63. The Labute approximate surface area is 100 Å². The summed E-state index contributed by atoms with van der Waals surface area (Å²) < 4.78 is 5.24. The molecule has 0 aromatic carbocycles. The minimum Gasteiger partial charge on any atom is -0.394 e. The summed E-state index contributed by atoms with van der Waals surface area (Å²) in [5.74, 6) is -0.0939. The van der Waals surface area contributed by atoms with Gasteiger partial charge in [0.05, 0.1) is 31.4 Å². The summed E-state index contributed by atoms with van der Waals surface area (Å²) >= 11 is 0. The lowest BCUT2D eigenvalue weighted by Gasteiger charge is -2.34. The number of amides is 1. The van der Waals surface area contributed by atoms with Crippen LogP contribution < -0.4 is 0 Å². The molecule has 1 aromatic heterocycles. The van der Waals surface area contributed by atoms with Crippen molar-refractivity contribution >= 4 is 5.91 Å². The summed E-state index contributed by atoms with van der Waals surface area (Å²) in [5, 5.41) is 9.22. The van der Waals surface area contributed by atoms with Crippen LogP contribution in [0.15, 0.2) is 18.5 Å². The van der Waals surface area contributed by atoms with Gasteiger partial charge in [0.1, 0.15) is 0 Å². The zero-order chi connectivity index (χ0) is 12.3. The SMILES string of the molecule is Cc1cncc(C(=O)N2CCOCC2CO)c1. The molecule has 0 aliphatic carbocycles. The van der Waals surface area contributed by atoms with Crippen LogP contribution in [0, 0.1) is 6.92 Å². The molecule has 0 saturated carbocycles. The Morgan fingerprint density at radius 2 is 2.47 bits per heavy atom. The summed E-state index contributed by atoms with van der Waals surface area (Å²) in [4.78, 5) is 17.9. The Hall–Kier alpha value is -1.46. The third kappa shape index (κ3) is 2.62. The normalized spacial score (nSPS) is 20.4. The number of aliphatic hydroxyl groups is 1. The molecule has 0 spiro atoms. The van der Waals surface area contributed by atoms with Crippen molar-refractivity contribution in [3.05, 3.63) is 29.6 Å². The van der Waals surface area contributed by atoms with E-state index in [1.54, 1.807) is 23.4 Å². The Kier molecular flexibility index (Phi) is 3.71. The highest BCUT2D eigenvalue weighted by atomic mass is 16.5. The van der Waals surface area contributed by atoms with E-state index >= 15 is 0 Å². The second-order valence-electron chi connectivity index (χ2n) is 4.16. The van der Waals surface area contributed by atoms with Crippen LogP contribution in [-0.2, 0) is 4.74 Å². The van der Waals surface area contributed by atoms with Crippen LogP contribution in [-0.4, -0.2) is 53.3 Å². The van der Waals surface area contributed by atoms with Crippen molar-refractivity contribution in [1.29, 1.82) is 0 Å². The lowest BCUT2D eigenvalue weighted by atomic mass is 10.1. The van der Waals surface area contributed by atoms with Gasteiger partial charge in [-0.2, -0.15) is 0 Å². The van der Waals surface area contributed by atoms with Gasteiger partial charge >= 0.3 is 0 Å². The van der Waals surface area contributed by atoms with Gasteiger partial charge in [-0.15, -0.1) is 0 Å². The van der Waals surface area contributed by atoms with E-state index in [-0.39, 0.29) is 18.6 Å². The number of morpholine rings is 1. The van der Waals surface area contributed by atoms with Crippen molar-refractivity contribution in [2.24, 2.45) is 0 Å². The minimum atomic E-state index is -0.253. The quantitative estimate of drug-likeness (QED) is 0.798. The van der Waals surface area contributed by atoms with E-state index in [1.807, 2.05) is 6.92 Å². The molecule has 0 bridgehead atoms. The summed E-state index contributed by atoms with van der Waals surface area (Å²) in [6, 6.07) is 1.55. The fourth-order valence-corrected chi connectivity index (χ4v) is 1.91. The van der Waals surface area contributed by atoms with Gasteiger partial charge in [-0.1, -0.05) is 0 Å². The molecule has 0 radical (unpaired) electrons. The van der Waals surface area contributed by atoms with Gasteiger partial charge in [-0.3, -0.25) is 9.78 Å². The highest BCUT2D eigenvalue weighted by Gasteiger charge is 2.27. The molecule has 1 fully saturated rings. The average molecular weight is 236 g/mol. The fourth-order valence-electron chi connectivity index (χ4n) is 1.91. The molecule has 1 aliphatic rings. The van der Waals surface area contributed by atoms with Crippen LogP contribution in [0.25, 0.3) is 0 Å². The molecular formula is C12H16N2O3. The molecule has 5 heteroatoms. The highest BCUT2D eigenvalue weighted by molar-refractivity contribution is 5.94. The zero-order valence-electron chi connectivity index (χ0n) is 9.80. The molecule has 2 rings (SSSR count). The smallest absolute Gasteiger partial charge is 0.255 e. The number of nitrogens with zero attached hydrogens (tertiary/aromatic N) is 2. The predicted octanol–water partition coefficient (Wildman–Crippen LogP) is 0.223. The number of carbonyl (C=O) groups is 1. The number of rotatable bonds is 2. The van der Waals surface area contributed by atoms with Crippen molar-refractivity contribution in [3.8, 4) is 0 Å². The van der Waals surface area contributed by atoms with Crippen LogP contribution in [0.2, 0.25) is 0 Å². The number of aliphatic hydroxyl groups excluding tert-OH is 1. The van der Waals surface area contributed by atoms with E-state index in [1.165, 1.54) is 0 Å². The van der Waals surface area contributed by atoms with E-state index in [0.29, 0.717) is 25.3 Å². The van der Waals surface area contributed by atoms with Gasteiger partial charge < -0.3 is 14.7 Å². The van der Waals surface area contributed by atoms with Gasteiger partial charge in [0.15, 0.2) is 0 Å². The van der Waals surface area contributed by atoms with Gasteiger partial charge in [0.2, 0.25) is 0 Å². The van der Waals surface area contributed by atoms with Crippen molar-refractivity contribution in [2.45, 2.75) is 13.0 Å². The second kappa shape index (κ2) is 5.25. The van der Waals surface area contributed by atoms with Crippen LogP contribution in [0.3, 0.4) is 0 Å². The van der Waals surface area contributed by atoms with Gasteiger partial charge in [0, 0.05) is 18.9 Å². The largest absolute Gasteiger partial charge is 0.394 e. The standard InChI is InChI=1S/C12H16N2O3/c1-9-4-10(6-13-5-9)12(16)14-2-3-17-8-11(14)7-15/h4-6,11,15H,2-3,7-8H2,1H3. The van der Waals surface area contributed by atoms with Gasteiger partial charge in [0.25, 0.3) is 5.91 Å². The molecule has 17 heavy (non-hydrogen) atoms. The van der Waals surface area contributed by atoms with E-state index in [0.717, 1.165) is 5.56 Å². The first kappa shape index (κ1) is 12.0. The molecule has 92 valence electrons. The van der Waals surface area contributed by atoms with Crippen molar-refractivity contribution in [1.82, 2.24) is 9.88 Å². The maximum Gasteiger partial charge on any atom is 0.255 e. The van der Waals surface area contributed by atoms with Crippen molar-refractivity contribution in [2.75, 3.05) is 26.4 Å². The molecule has 1 unspecified atom stereocenters. The number of carbonyl (C=O) groups excluding carboxylic acids is 1. The lowest BCUT2D eigenvalue weighted by Crippen LogP contribution is -2.50. The maximum absolute atomic E-state index is 12.2. The molecule has 5 nitrogen and oxygen atoms in total. The number of ether oxygens (including phenoxy) is 1. The second-order valence-corrected chi connectivity index (χ2v) is 4.16. The number of hydrogen-bond acceptors (Lipinski definition) is 4. The molecule has 2 heterocycles. The van der Waals surface area contributed by atoms with Crippen LogP contribution in [0.4, 0.5) is 0 Å². The van der Waals surface area contributed by atoms with E-state index in [9.17, 15) is 9.90 Å². The molecule has 1 amide bonds. The van der Waals surface area contributed by atoms with E-state index < -0.39 is 0 Å². The van der Waals surface area contributed by atoms with Crippen LogP contribution >= 0.6 is 0 Å². The zero-order valence-corrected chi connectivity index (χ0v) is 9.80. The Bertz CT molecular complexity index is 408. The molecular weight excluding hydrogens is 220 g/mol. The van der Waals surface area contributed by atoms with Crippen LogP contribution in [0.1, 0.15) is 15.9 Å². The Balaban J connectivity index is 2.18. The van der Waals surface area contributed by atoms with E-state index in [2.05, 4.69) is 4.98 Å². The first-order chi connectivity index (χ1) is 8.22. The number of aromatic nitrogens is 1. The van der Waals surface area contributed by atoms with E-state index in [4.69, 9.17) is 4.74 Å². The van der Waals surface area contributed by atoms with Gasteiger partial charge in [-0.05, 0) is 18.6 Å². The van der Waals surface area contributed by atoms with Crippen LogP contribution in [0.5, 0.6) is 0 Å². The maximum atomic E-state index is 12.2. The van der Waals surface area contributed by atoms with Crippen molar-refractivity contribution in [3.63, 3.8) is 0 Å². The molecule has 1 aromatic rings. The third-order valence-corrected chi connectivity index (χ3v) is 2.82. The van der Waals surface area contributed by atoms with Gasteiger partial charge in [-0.25, -0.2) is 0 Å². The third-order valence-electron chi connectivity index (χ3n) is 2.82. The summed E-state index contributed by atoms with van der Waals surface area (Å²) in [5.41, 5.74) is 1.51. The fraction of sp³-hybridized carbons (Fsp3) is 0.500. The summed E-state index contributed by atoms with van der Waals surface area (Å²) in [6.45, 7) is 3.23. The predicted molar refractivity (Wildman–Crippen MR) is 61.7 cm³/mol. The topological polar surface area (TPSA) is 62.7 Å². The Morgan fingerprint density at radius 3 is 3.18 bits per heavy atom. The average Bonchev–Trinajstić information content (AvgIpc) is 2.38. The minimum absolute atomic E-state index is 0.0784.